The van der Waals surface area contributed by atoms with Crippen LogP contribution in [0.25, 0.3) is 0 Å². The van der Waals surface area contributed by atoms with Gasteiger partial charge >= 0.3 is 0 Å². The molecule has 0 saturated carbocycles. The number of rotatable bonds is 5. The fourth-order valence-electron chi connectivity index (χ4n) is 2.87. The van der Waals surface area contributed by atoms with Gasteiger partial charge in [-0.1, -0.05) is 18.5 Å². The average molecular weight is 314 g/mol. The van der Waals surface area contributed by atoms with Crippen LogP contribution in [0.15, 0.2) is 0 Å². The molecule has 0 amide bonds. The van der Waals surface area contributed by atoms with E-state index in [0.717, 1.165) is 30.9 Å². The molecule has 1 atom stereocenters. The number of nitrogens with zero attached hydrogens (tertiary/aromatic N) is 3. The van der Waals surface area contributed by atoms with Gasteiger partial charge < -0.3 is 4.74 Å². The van der Waals surface area contributed by atoms with Gasteiger partial charge in [-0.15, -0.1) is 0 Å². The number of hydrogen-bond donors (Lipinski definition) is 0. The van der Waals surface area contributed by atoms with Crippen LogP contribution in [0.2, 0.25) is 5.02 Å². The van der Waals surface area contributed by atoms with Crippen LogP contribution in [-0.2, 0) is 23.0 Å². The Labute approximate surface area is 131 Å². The number of halogens is 1. The van der Waals surface area contributed by atoms with E-state index in [4.69, 9.17) is 16.3 Å². The van der Waals surface area contributed by atoms with Crippen molar-refractivity contribution in [1.29, 1.82) is 0 Å². The highest BCUT2D eigenvalue weighted by molar-refractivity contribution is 6.32. The highest BCUT2D eigenvalue weighted by Gasteiger charge is 2.38. The molecule has 5 nitrogen and oxygen atoms in total. The van der Waals surface area contributed by atoms with Crippen molar-refractivity contribution in [2.45, 2.75) is 39.2 Å². The van der Waals surface area contributed by atoms with Crippen molar-refractivity contribution in [2.75, 3.05) is 26.3 Å². The van der Waals surface area contributed by atoms with E-state index in [2.05, 4.69) is 16.9 Å². The number of aryl methyl sites for hydroxylation is 2. The zero-order valence-electron chi connectivity index (χ0n) is 13.3. The lowest BCUT2D eigenvalue weighted by Gasteiger charge is -2.41. The number of hydrogen-bond acceptors (Lipinski definition) is 4. The van der Waals surface area contributed by atoms with Crippen molar-refractivity contribution in [2.24, 2.45) is 7.05 Å². The van der Waals surface area contributed by atoms with Crippen molar-refractivity contribution >= 4 is 17.4 Å². The molecule has 0 spiro atoms. The maximum atomic E-state index is 12.9. The monoisotopic (exact) mass is 313 g/mol. The van der Waals surface area contributed by atoms with Crippen LogP contribution >= 0.6 is 11.6 Å². The van der Waals surface area contributed by atoms with E-state index < -0.39 is 5.54 Å². The minimum atomic E-state index is -0.467. The van der Waals surface area contributed by atoms with Gasteiger partial charge in [-0.05, 0) is 20.3 Å². The number of ether oxygens (including phenoxy) is 1. The molecule has 1 fully saturated rings. The molecule has 0 bridgehead atoms. The molecule has 0 N–H and O–H groups in total. The highest BCUT2D eigenvalue weighted by atomic mass is 35.5. The predicted octanol–water partition coefficient (Wildman–Crippen LogP) is 1.99. The number of Topliss-reactive ketones (excluding diaryl/α,β-unsaturated/α-hetero) is 1. The number of carbonyl (C=O) groups excluding carboxylic acids is 1. The van der Waals surface area contributed by atoms with Gasteiger partial charge in [0, 0.05) is 20.1 Å². The maximum Gasteiger partial charge on any atom is 0.158 e. The second kappa shape index (κ2) is 6.46. The van der Waals surface area contributed by atoms with Crippen molar-refractivity contribution in [3.63, 3.8) is 0 Å². The van der Waals surface area contributed by atoms with E-state index in [1.54, 1.807) is 4.68 Å². The van der Waals surface area contributed by atoms with Crippen molar-refractivity contribution in [1.82, 2.24) is 14.7 Å². The average Bonchev–Trinajstić information content (AvgIpc) is 2.73. The van der Waals surface area contributed by atoms with Gasteiger partial charge in [-0.3, -0.25) is 14.4 Å². The van der Waals surface area contributed by atoms with Gasteiger partial charge in [0.2, 0.25) is 0 Å². The minimum absolute atomic E-state index is 0.191. The molecule has 2 rings (SSSR count). The van der Waals surface area contributed by atoms with Crippen LogP contribution in [0.1, 0.15) is 31.7 Å². The van der Waals surface area contributed by atoms with Crippen molar-refractivity contribution in [3.8, 4) is 0 Å². The Kier molecular flexibility index (Phi) is 5.07. The van der Waals surface area contributed by atoms with Crippen LogP contribution in [-0.4, -0.2) is 52.3 Å². The van der Waals surface area contributed by atoms with E-state index in [1.165, 1.54) is 0 Å². The lowest BCUT2D eigenvalue weighted by atomic mass is 9.88. The smallest absolute Gasteiger partial charge is 0.158 e. The first-order valence-electron chi connectivity index (χ1n) is 7.44. The summed E-state index contributed by atoms with van der Waals surface area (Å²) < 4.78 is 7.10. The molecule has 21 heavy (non-hydrogen) atoms. The molecule has 1 aromatic heterocycles. The molecule has 1 saturated heterocycles. The Morgan fingerprint density at radius 2 is 2.05 bits per heavy atom. The van der Waals surface area contributed by atoms with Crippen LogP contribution in [0.3, 0.4) is 0 Å². The van der Waals surface area contributed by atoms with Gasteiger partial charge in [-0.2, -0.15) is 5.10 Å². The topological polar surface area (TPSA) is 47.4 Å². The molecule has 1 aliphatic heterocycles. The molecule has 1 aliphatic rings. The van der Waals surface area contributed by atoms with E-state index in [9.17, 15) is 4.79 Å². The fraction of sp³-hybridized carbons (Fsp3) is 0.733. The van der Waals surface area contributed by atoms with Gasteiger partial charge in [0.25, 0.3) is 0 Å². The molecule has 0 aromatic carbocycles. The minimum Gasteiger partial charge on any atom is -0.379 e. The van der Waals surface area contributed by atoms with Gasteiger partial charge in [0.1, 0.15) is 0 Å². The summed E-state index contributed by atoms with van der Waals surface area (Å²) in [4.78, 5) is 15.1. The van der Waals surface area contributed by atoms with E-state index in [1.807, 2.05) is 20.9 Å². The van der Waals surface area contributed by atoms with Crippen LogP contribution in [0.4, 0.5) is 0 Å². The molecule has 1 aromatic rings. The zero-order valence-corrected chi connectivity index (χ0v) is 14.0. The summed E-state index contributed by atoms with van der Waals surface area (Å²) in [7, 11) is 1.83. The van der Waals surface area contributed by atoms with Crippen LogP contribution in [0, 0.1) is 6.92 Å². The van der Waals surface area contributed by atoms with E-state index in [-0.39, 0.29) is 5.78 Å². The quantitative estimate of drug-likeness (QED) is 0.834. The van der Waals surface area contributed by atoms with E-state index >= 15 is 0 Å². The van der Waals surface area contributed by atoms with Crippen molar-refractivity contribution < 1.29 is 9.53 Å². The summed E-state index contributed by atoms with van der Waals surface area (Å²) in [6, 6.07) is 0. The molecular weight excluding hydrogens is 290 g/mol. The molecule has 1 unspecified atom stereocenters. The summed E-state index contributed by atoms with van der Waals surface area (Å²) in [6.45, 7) is 8.92. The maximum absolute atomic E-state index is 12.9. The zero-order chi connectivity index (χ0) is 15.6. The Bertz CT molecular complexity index is 523. The fourth-order valence-corrected chi connectivity index (χ4v) is 3.10. The molecule has 2 heterocycles. The third kappa shape index (κ3) is 3.15. The highest BCUT2D eigenvalue weighted by Crippen LogP contribution is 2.26. The molecule has 0 aliphatic carbocycles. The number of morpholine rings is 1. The standard InChI is InChI=1S/C15H24ClN3O2/c1-5-15(3,19-6-8-21-9-7-19)13(20)10-12-14(16)11(2)17-18(12)4/h5-10H2,1-4H3. The summed E-state index contributed by atoms with van der Waals surface area (Å²) in [5, 5.41) is 4.89. The first-order chi connectivity index (χ1) is 9.90. The third-order valence-corrected chi connectivity index (χ3v) is 5.08. The SMILES string of the molecule is CCC(C)(C(=O)Cc1c(Cl)c(C)nn1C)N1CCOCC1. The second-order valence-corrected chi connectivity index (χ2v) is 6.17. The van der Waals surface area contributed by atoms with Gasteiger partial charge in [0.05, 0.1) is 41.6 Å². The normalized spacial score (nSPS) is 19.5. The number of aromatic nitrogens is 2. The Morgan fingerprint density at radius 1 is 1.43 bits per heavy atom. The number of ketones is 1. The van der Waals surface area contributed by atoms with E-state index in [0.29, 0.717) is 24.7 Å². The Hall–Kier alpha value is -0.910. The molecule has 118 valence electrons. The van der Waals surface area contributed by atoms with Crippen molar-refractivity contribution in [3.05, 3.63) is 16.4 Å². The summed E-state index contributed by atoms with van der Waals surface area (Å²) in [5.41, 5.74) is 1.10. The Morgan fingerprint density at radius 3 is 2.52 bits per heavy atom. The first kappa shape index (κ1) is 16.5. The van der Waals surface area contributed by atoms with Gasteiger partial charge in [0.15, 0.2) is 5.78 Å². The first-order valence-corrected chi connectivity index (χ1v) is 7.82. The molecule has 0 radical (unpaired) electrons. The molecule has 6 heteroatoms. The molecular formula is C15H24ClN3O2. The predicted molar refractivity (Wildman–Crippen MR) is 82.8 cm³/mol. The van der Waals surface area contributed by atoms with Gasteiger partial charge in [-0.25, -0.2) is 0 Å². The third-order valence-electron chi connectivity index (χ3n) is 4.59. The van der Waals surface area contributed by atoms with Crippen LogP contribution in [0.5, 0.6) is 0 Å². The lowest BCUT2D eigenvalue weighted by molar-refractivity contribution is -0.133. The largest absolute Gasteiger partial charge is 0.379 e. The van der Waals surface area contributed by atoms with Crippen LogP contribution < -0.4 is 0 Å². The second-order valence-electron chi connectivity index (χ2n) is 5.80. The summed E-state index contributed by atoms with van der Waals surface area (Å²) >= 11 is 6.27. The number of carbonyl (C=O) groups is 1. The summed E-state index contributed by atoms with van der Waals surface area (Å²) in [6.07, 6.45) is 1.10. The lowest BCUT2D eigenvalue weighted by Crippen LogP contribution is -2.56. The summed E-state index contributed by atoms with van der Waals surface area (Å²) in [5.74, 6) is 0.191. The Balaban J connectivity index is 2.19.